The van der Waals surface area contributed by atoms with E-state index in [1.165, 1.54) is 6.07 Å². The van der Waals surface area contributed by atoms with Crippen LogP contribution in [0.3, 0.4) is 0 Å². The van der Waals surface area contributed by atoms with Crippen molar-refractivity contribution in [3.8, 4) is 5.75 Å². The lowest BCUT2D eigenvalue weighted by Crippen LogP contribution is -2.22. The van der Waals surface area contributed by atoms with Gasteiger partial charge in [-0.15, -0.1) is 0 Å². The van der Waals surface area contributed by atoms with Crippen molar-refractivity contribution in [1.82, 2.24) is 5.32 Å². The second kappa shape index (κ2) is 6.69. The molecule has 21 heavy (non-hydrogen) atoms. The number of rotatable bonds is 4. The fourth-order valence-corrected chi connectivity index (χ4v) is 2.25. The van der Waals surface area contributed by atoms with E-state index in [4.69, 9.17) is 18.0 Å². The number of phenolic OH excluding ortho intramolecular Hbond substituents is 1. The molecule has 0 aliphatic carbocycles. The van der Waals surface area contributed by atoms with Crippen LogP contribution in [0, 0.1) is 0 Å². The zero-order valence-corrected chi connectivity index (χ0v) is 13.4. The van der Waals surface area contributed by atoms with E-state index in [0.717, 1.165) is 11.1 Å². The zero-order valence-electron chi connectivity index (χ0n) is 11.0. The smallest absolute Gasteiger partial charge is 0.255 e. The van der Waals surface area contributed by atoms with Crippen LogP contribution in [0.4, 0.5) is 0 Å². The number of hydrogen-bond donors (Lipinski definition) is 3. The number of carbonyl (C=O) groups is 1. The summed E-state index contributed by atoms with van der Waals surface area (Å²) < 4.78 is 0.713. The average molecular weight is 365 g/mol. The van der Waals surface area contributed by atoms with Crippen LogP contribution >= 0.6 is 28.1 Å². The molecular formula is C15H13BrN2O2S. The van der Waals surface area contributed by atoms with E-state index >= 15 is 0 Å². The summed E-state index contributed by atoms with van der Waals surface area (Å²) in [4.78, 5) is 12.3. The van der Waals surface area contributed by atoms with E-state index in [1.807, 2.05) is 12.1 Å². The number of benzene rings is 2. The number of thiocarbonyl (C=S) groups is 1. The fraction of sp³-hybridized carbons (Fsp3) is 0.0667. The molecule has 0 aliphatic rings. The van der Waals surface area contributed by atoms with Crippen molar-refractivity contribution in [2.24, 2.45) is 5.73 Å². The summed E-state index contributed by atoms with van der Waals surface area (Å²) in [6.45, 7) is 0.353. The van der Waals surface area contributed by atoms with Crippen LogP contribution < -0.4 is 11.1 Å². The molecule has 0 atom stereocenters. The molecule has 0 heterocycles. The molecule has 6 heteroatoms. The van der Waals surface area contributed by atoms with Gasteiger partial charge >= 0.3 is 0 Å². The van der Waals surface area contributed by atoms with Gasteiger partial charge in [0.1, 0.15) is 10.7 Å². The number of carbonyl (C=O) groups excluding carboxylic acids is 1. The van der Waals surface area contributed by atoms with Crippen molar-refractivity contribution in [1.29, 1.82) is 0 Å². The summed E-state index contributed by atoms with van der Waals surface area (Å²) in [6.07, 6.45) is 0. The van der Waals surface area contributed by atoms with Gasteiger partial charge in [-0.2, -0.15) is 0 Å². The van der Waals surface area contributed by atoms with Crippen molar-refractivity contribution >= 4 is 39.0 Å². The molecule has 2 aromatic carbocycles. The summed E-state index contributed by atoms with van der Waals surface area (Å²) in [5, 5.41) is 12.5. The SMILES string of the molecule is NC(=S)c1ccc(CNC(=O)c2ccc(Br)cc2O)cc1. The molecule has 0 bridgehead atoms. The summed E-state index contributed by atoms with van der Waals surface area (Å²) in [5.74, 6) is -0.399. The molecule has 0 aliphatic heterocycles. The molecule has 0 spiro atoms. The van der Waals surface area contributed by atoms with Crippen LogP contribution in [0.1, 0.15) is 21.5 Å². The molecular weight excluding hydrogens is 352 g/mol. The Labute approximate surface area is 136 Å². The summed E-state index contributed by atoms with van der Waals surface area (Å²) in [6, 6.07) is 12.0. The van der Waals surface area contributed by atoms with Gasteiger partial charge in [-0.25, -0.2) is 0 Å². The Morgan fingerprint density at radius 2 is 1.90 bits per heavy atom. The highest BCUT2D eigenvalue weighted by atomic mass is 79.9. The number of phenols is 1. The Morgan fingerprint density at radius 3 is 2.48 bits per heavy atom. The number of aromatic hydroxyl groups is 1. The van der Waals surface area contributed by atoms with Crippen molar-refractivity contribution < 1.29 is 9.90 Å². The van der Waals surface area contributed by atoms with Gasteiger partial charge in [0, 0.05) is 16.6 Å². The average Bonchev–Trinajstić information content (AvgIpc) is 2.45. The number of amides is 1. The van der Waals surface area contributed by atoms with E-state index in [-0.39, 0.29) is 17.2 Å². The predicted molar refractivity (Wildman–Crippen MR) is 89.3 cm³/mol. The Balaban J connectivity index is 2.02. The van der Waals surface area contributed by atoms with E-state index in [2.05, 4.69) is 21.2 Å². The molecule has 0 unspecified atom stereocenters. The molecule has 108 valence electrons. The summed E-state index contributed by atoms with van der Waals surface area (Å²) >= 11 is 8.10. The first kappa shape index (κ1) is 15.5. The third-order valence-electron chi connectivity index (χ3n) is 2.90. The Morgan fingerprint density at radius 1 is 1.24 bits per heavy atom. The molecule has 0 aromatic heterocycles. The largest absolute Gasteiger partial charge is 0.507 e. The second-order valence-corrected chi connectivity index (χ2v) is 5.76. The maximum Gasteiger partial charge on any atom is 0.255 e. The predicted octanol–water partition coefficient (Wildman–Crippen LogP) is 2.72. The normalized spacial score (nSPS) is 10.1. The van der Waals surface area contributed by atoms with Crippen LogP contribution in [-0.2, 0) is 6.54 Å². The number of halogens is 1. The van der Waals surface area contributed by atoms with Gasteiger partial charge < -0.3 is 16.2 Å². The van der Waals surface area contributed by atoms with E-state index in [9.17, 15) is 9.90 Å². The summed E-state index contributed by atoms with van der Waals surface area (Å²) in [7, 11) is 0. The minimum Gasteiger partial charge on any atom is -0.507 e. The fourth-order valence-electron chi connectivity index (χ4n) is 1.76. The van der Waals surface area contributed by atoms with Crippen LogP contribution in [0.25, 0.3) is 0 Å². The van der Waals surface area contributed by atoms with Crippen molar-refractivity contribution in [3.63, 3.8) is 0 Å². The Kier molecular flexibility index (Phi) is 4.93. The van der Waals surface area contributed by atoms with Gasteiger partial charge in [-0.05, 0) is 23.8 Å². The first-order valence-electron chi connectivity index (χ1n) is 6.13. The lowest BCUT2D eigenvalue weighted by Gasteiger charge is -2.08. The van der Waals surface area contributed by atoms with Gasteiger partial charge in [0.2, 0.25) is 0 Å². The minimum atomic E-state index is -0.335. The molecule has 1 amide bonds. The van der Waals surface area contributed by atoms with Gasteiger partial charge in [0.15, 0.2) is 0 Å². The first-order valence-corrected chi connectivity index (χ1v) is 7.33. The molecule has 4 nitrogen and oxygen atoms in total. The van der Waals surface area contributed by atoms with Crippen molar-refractivity contribution in [2.45, 2.75) is 6.54 Å². The van der Waals surface area contributed by atoms with Crippen LogP contribution in [0.5, 0.6) is 5.75 Å². The van der Waals surface area contributed by atoms with E-state index in [1.54, 1.807) is 24.3 Å². The lowest BCUT2D eigenvalue weighted by molar-refractivity contribution is 0.0948. The zero-order chi connectivity index (χ0) is 15.4. The molecule has 0 saturated carbocycles. The number of hydrogen-bond acceptors (Lipinski definition) is 3. The van der Waals surface area contributed by atoms with Crippen LogP contribution in [-0.4, -0.2) is 16.0 Å². The Hall–Kier alpha value is -1.92. The van der Waals surface area contributed by atoms with Crippen LogP contribution in [0.2, 0.25) is 0 Å². The lowest BCUT2D eigenvalue weighted by atomic mass is 10.1. The highest BCUT2D eigenvalue weighted by Gasteiger charge is 2.10. The molecule has 0 radical (unpaired) electrons. The van der Waals surface area contributed by atoms with Gasteiger partial charge in [0.25, 0.3) is 5.91 Å². The third-order valence-corrected chi connectivity index (χ3v) is 3.62. The number of nitrogens with one attached hydrogen (secondary N) is 1. The summed E-state index contributed by atoms with van der Waals surface area (Å²) in [5.41, 5.74) is 7.45. The molecule has 4 N–H and O–H groups in total. The highest BCUT2D eigenvalue weighted by Crippen LogP contribution is 2.22. The maximum atomic E-state index is 12.0. The van der Waals surface area contributed by atoms with Gasteiger partial charge in [0.05, 0.1) is 5.56 Å². The minimum absolute atomic E-state index is 0.0642. The maximum absolute atomic E-state index is 12.0. The monoisotopic (exact) mass is 364 g/mol. The second-order valence-electron chi connectivity index (χ2n) is 4.41. The molecule has 2 rings (SSSR count). The molecule has 2 aromatic rings. The topological polar surface area (TPSA) is 75.3 Å². The highest BCUT2D eigenvalue weighted by molar-refractivity contribution is 9.10. The molecule has 0 saturated heterocycles. The third kappa shape index (κ3) is 4.03. The first-order chi connectivity index (χ1) is 9.97. The Bertz CT molecular complexity index is 687. The van der Waals surface area contributed by atoms with Gasteiger partial charge in [-0.3, -0.25) is 4.79 Å². The molecule has 0 fully saturated rings. The standard InChI is InChI=1S/C15H13BrN2O2S/c16-11-5-6-12(13(19)7-11)15(20)18-8-9-1-3-10(4-2-9)14(17)21/h1-7,19H,8H2,(H2,17,21)(H,18,20). The van der Waals surface area contributed by atoms with E-state index in [0.29, 0.717) is 16.0 Å². The van der Waals surface area contributed by atoms with Crippen molar-refractivity contribution in [3.05, 3.63) is 63.6 Å². The number of nitrogens with two attached hydrogens (primary N) is 1. The van der Waals surface area contributed by atoms with Crippen molar-refractivity contribution in [2.75, 3.05) is 0 Å². The van der Waals surface area contributed by atoms with Gasteiger partial charge in [-0.1, -0.05) is 52.4 Å². The van der Waals surface area contributed by atoms with E-state index < -0.39 is 0 Å². The quantitative estimate of drug-likeness (QED) is 0.729. The van der Waals surface area contributed by atoms with Crippen LogP contribution in [0.15, 0.2) is 46.9 Å².